The maximum Gasteiger partial charge on any atom is 0.0273 e. The molecule has 0 heterocycles. The average Bonchev–Trinajstić information content (AvgIpc) is 1.64. The zero-order chi connectivity index (χ0) is 7.33. The van der Waals surface area contributed by atoms with Crippen LogP contribution in [0.4, 0.5) is 0 Å². The average molecular weight is 125 g/mol. The summed E-state index contributed by atoms with van der Waals surface area (Å²) in [5, 5.41) is 0. The highest BCUT2D eigenvalue weighted by atomic mass is 14.6. The number of nitrogens with zero attached hydrogens (tertiary/aromatic N) is 1. The van der Waals surface area contributed by atoms with E-state index in [1.807, 2.05) is 19.2 Å². The van der Waals surface area contributed by atoms with Crippen LogP contribution in [0.15, 0.2) is 17.1 Å². The van der Waals surface area contributed by atoms with E-state index in [0.717, 1.165) is 0 Å². The highest BCUT2D eigenvalue weighted by Gasteiger charge is 2.07. The van der Waals surface area contributed by atoms with E-state index < -0.39 is 0 Å². The van der Waals surface area contributed by atoms with Gasteiger partial charge in [-0.25, -0.2) is 0 Å². The molecule has 0 aliphatic carbocycles. The summed E-state index contributed by atoms with van der Waals surface area (Å²) in [6.07, 6.45) is 6.11. The molecular weight excluding hydrogens is 110 g/mol. The Morgan fingerprint density at radius 1 is 1.33 bits per heavy atom. The molecule has 0 aromatic rings. The van der Waals surface area contributed by atoms with Gasteiger partial charge >= 0.3 is 0 Å². The van der Waals surface area contributed by atoms with E-state index in [1.54, 1.807) is 7.05 Å². The Morgan fingerprint density at radius 3 is 2.22 bits per heavy atom. The van der Waals surface area contributed by atoms with Crippen molar-refractivity contribution in [3.8, 4) is 0 Å². The van der Waals surface area contributed by atoms with Crippen molar-refractivity contribution in [1.82, 2.24) is 0 Å². The standard InChI is InChI=1S/C8H15N/c1-5-6-8(2,3)7-9-4/h5-7H,1-4H3/b6-5-,9-7?. The highest BCUT2D eigenvalue weighted by Crippen LogP contribution is 2.12. The van der Waals surface area contributed by atoms with Crippen molar-refractivity contribution in [2.45, 2.75) is 20.8 Å². The van der Waals surface area contributed by atoms with Crippen LogP contribution in [0.1, 0.15) is 20.8 Å². The van der Waals surface area contributed by atoms with E-state index in [-0.39, 0.29) is 5.41 Å². The number of aliphatic imine (C=N–C) groups is 1. The Hall–Kier alpha value is -0.590. The first-order valence-electron chi connectivity index (χ1n) is 3.19. The Morgan fingerprint density at radius 2 is 1.89 bits per heavy atom. The summed E-state index contributed by atoms with van der Waals surface area (Å²) in [4.78, 5) is 3.95. The van der Waals surface area contributed by atoms with E-state index in [2.05, 4.69) is 24.9 Å². The second-order valence-corrected chi connectivity index (χ2v) is 2.71. The zero-order valence-corrected chi connectivity index (χ0v) is 6.68. The smallest absolute Gasteiger partial charge is 0.0273 e. The lowest BCUT2D eigenvalue weighted by molar-refractivity contribution is 0.691. The van der Waals surface area contributed by atoms with E-state index in [4.69, 9.17) is 0 Å². The molecule has 0 aromatic heterocycles. The van der Waals surface area contributed by atoms with Crippen molar-refractivity contribution in [1.29, 1.82) is 0 Å². The first-order valence-corrected chi connectivity index (χ1v) is 3.19. The molecule has 9 heavy (non-hydrogen) atoms. The largest absolute Gasteiger partial charge is 0.300 e. The third-order valence-corrected chi connectivity index (χ3v) is 1.06. The molecule has 0 spiro atoms. The molecule has 0 radical (unpaired) electrons. The molecule has 0 rings (SSSR count). The molecule has 0 saturated heterocycles. The maximum atomic E-state index is 3.95. The van der Waals surface area contributed by atoms with E-state index in [0.29, 0.717) is 0 Å². The second kappa shape index (κ2) is 3.44. The van der Waals surface area contributed by atoms with E-state index in [1.165, 1.54) is 0 Å². The molecule has 0 aromatic carbocycles. The number of allylic oxidation sites excluding steroid dienone is 2. The molecule has 0 atom stereocenters. The van der Waals surface area contributed by atoms with Gasteiger partial charge in [-0.05, 0) is 6.92 Å². The first-order chi connectivity index (χ1) is 4.12. The normalized spacial score (nSPS) is 13.8. The third-order valence-electron chi connectivity index (χ3n) is 1.06. The molecule has 1 nitrogen and oxygen atoms in total. The van der Waals surface area contributed by atoms with Gasteiger partial charge in [0.15, 0.2) is 0 Å². The molecular formula is C8H15N. The van der Waals surface area contributed by atoms with Crippen LogP contribution in [0, 0.1) is 5.41 Å². The predicted octanol–water partition coefficient (Wildman–Crippen LogP) is 2.29. The molecule has 0 N–H and O–H groups in total. The van der Waals surface area contributed by atoms with Crippen LogP contribution in [0.3, 0.4) is 0 Å². The van der Waals surface area contributed by atoms with Crippen molar-refractivity contribution in [3.05, 3.63) is 12.2 Å². The van der Waals surface area contributed by atoms with Crippen LogP contribution >= 0.6 is 0 Å². The lowest BCUT2D eigenvalue weighted by atomic mass is 9.95. The van der Waals surface area contributed by atoms with Gasteiger partial charge in [0.25, 0.3) is 0 Å². The Balaban J connectivity index is 4.01. The van der Waals surface area contributed by atoms with Crippen LogP contribution in [0.5, 0.6) is 0 Å². The molecule has 0 saturated carbocycles. The first kappa shape index (κ1) is 8.41. The quantitative estimate of drug-likeness (QED) is 0.396. The lowest BCUT2D eigenvalue weighted by Gasteiger charge is -2.11. The Kier molecular flexibility index (Phi) is 3.21. The van der Waals surface area contributed by atoms with Crippen LogP contribution in [-0.4, -0.2) is 13.3 Å². The number of hydrogen-bond acceptors (Lipinski definition) is 1. The fourth-order valence-electron chi connectivity index (χ4n) is 0.805. The molecule has 0 aliphatic rings. The SMILES string of the molecule is C/C=C\C(C)(C)C=NC. The third kappa shape index (κ3) is 3.95. The maximum absolute atomic E-state index is 3.95. The minimum Gasteiger partial charge on any atom is -0.300 e. The highest BCUT2D eigenvalue weighted by molar-refractivity contribution is 5.67. The Labute approximate surface area is 57.5 Å². The van der Waals surface area contributed by atoms with Gasteiger partial charge in [-0.1, -0.05) is 26.0 Å². The second-order valence-electron chi connectivity index (χ2n) is 2.71. The minimum absolute atomic E-state index is 0.128. The summed E-state index contributed by atoms with van der Waals surface area (Å²) in [5.74, 6) is 0. The molecule has 0 aliphatic heterocycles. The van der Waals surface area contributed by atoms with Crippen molar-refractivity contribution in [2.75, 3.05) is 7.05 Å². The van der Waals surface area contributed by atoms with Gasteiger partial charge in [-0.15, -0.1) is 0 Å². The molecule has 52 valence electrons. The summed E-state index contributed by atoms with van der Waals surface area (Å²) in [7, 11) is 1.80. The van der Waals surface area contributed by atoms with Gasteiger partial charge in [-0.2, -0.15) is 0 Å². The number of hydrogen-bond donors (Lipinski definition) is 0. The fraction of sp³-hybridized carbons (Fsp3) is 0.625. The Bertz CT molecular complexity index is 107. The lowest BCUT2D eigenvalue weighted by Crippen LogP contribution is -2.07. The van der Waals surface area contributed by atoms with Crippen LogP contribution in [-0.2, 0) is 0 Å². The molecule has 0 fully saturated rings. The summed E-state index contributed by atoms with van der Waals surface area (Å²) >= 11 is 0. The summed E-state index contributed by atoms with van der Waals surface area (Å²) in [6.45, 7) is 6.27. The zero-order valence-electron chi connectivity index (χ0n) is 6.68. The van der Waals surface area contributed by atoms with Crippen LogP contribution in [0.25, 0.3) is 0 Å². The summed E-state index contributed by atoms with van der Waals surface area (Å²) < 4.78 is 0. The number of rotatable bonds is 2. The van der Waals surface area contributed by atoms with Crippen molar-refractivity contribution in [2.24, 2.45) is 10.4 Å². The van der Waals surface area contributed by atoms with Gasteiger partial charge in [0.2, 0.25) is 0 Å². The van der Waals surface area contributed by atoms with Crippen LogP contribution in [0.2, 0.25) is 0 Å². The van der Waals surface area contributed by atoms with E-state index >= 15 is 0 Å². The summed E-state index contributed by atoms with van der Waals surface area (Å²) in [6, 6.07) is 0. The monoisotopic (exact) mass is 125 g/mol. The summed E-state index contributed by atoms with van der Waals surface area (Å²) in [5.41, 5.74) is 0.128. The van der Waals surface area contributed by atoms with Gasteiger partial charge in [0, 0.05) is 18.7 Å². The minimum atomic E-state index is 0.128. The predicted molar refractivity (Wildman–Crippen MR) is 43.0 cm³/mol. The van der Waals surface area contributed by atoms with Gasteiger partial charge in [0.1, 0.15) is 0 Å². The van der Waals surface area contributed by atoms with Gasteiger partial charge < -0.3 is 0 Å². The fourth-order valence-corrected chi connectivity index (χ4v) is 0.805. The molecule has 1 heteroatoms. The molecule has 0 bridgehead atoms. The van der Waals surface area contributed by atoms with Crippen molar-refractivity contribution in [3.63, 3.8) is 0 Å². The molecule has 0 amide bonds. The van der Waals surface area contributed by atoms with Crippen molar-refractivity contribution >= 4 is 6.21 Å². The topological polar surface area (TPSA) is 12.4 Å². The van der Waals surface area contributed by atoms with Gasteiger partial charge in [-0.3, -0.25) is 4.99 Å². The van der Waals surface area contributed by atoms with E-state index in [9.17, 15) is 0 Å². The van der Waals surface area contributed by atoms with Crippen LogP contribution < -0.4 is 0 Å². The molecule has 0 unspecified atom stereocenters. The van der Waals surface area contributed by atoms with Crippen molar-refractivity contribution < 1.29 is 0 Å². The van der Waals surface area contributed by atoms with Gasteiger partial charge in [0.05, 0.1) is 0 Å².